The minimum atomic E-state index is -0.451. The Labute approximate surface area is 152 Å². The summed E-state index contributed by atoms with van der Waals surface area (Å²) in [4.78, 5) is 12.6. The zero-order chi connectivity index (χ0) is 18.7. The Balaban J connectivity index is 1.97. The summed E-state index contributed by atoms with van der Waals surface area (Å²) < 4.78 is 7.20. The zero-order valence-electron chi connectivity index (χ0n) is 14.9. The second kappa shape index (κ2) is 7.16. The number of anilines is 1. The van der Waals surface area contributed by atoms with Crippen LogP contribution in [0.5, 0.6) is 5.75 Å². The number of nitrogens with zero attached hydrogens (tertiary/aromatic N) is 2. The van der Waals surface area contributed by atoms with Gasteiger partial charge in [-0.05, 0) is 31.2 Å². The molecule has 1 amide bonds. The molecule has 0 saturated heterocycles. The van der Waals surface area contributed by atoms with Crippen LogP contribution in [0, 0.1) is 18.3 Å². The second-order valence-corrected chi connectivity index (χ2v) is 5.93. The van der Waals surface area contributed by atoms with Crippen molar-refractivity contribution < 1.29 is 9.53 Å². The highest BCUT2D eigenvalue weighted by Gasteiger charge is 2.14. The van der Waals surface area contributed by atoms with Crippen molar-refractivity contribution in [1.29, 1.82) is 5.26 Å². The molecule has 0 fully saturated rings. The number of aromatic nitrogens is 1. The van der Waals surface area contributed by atoms with Crippen molar-refractivity contribution in [3.8, 4) is 11.8 Å². The van der Waals surface area contributed by atoms with Crippen LogP contribution < -0.4 is 10.1 Å². The minimum absolute atomic E-state index is 0.0484. The highest BCUT2D eigenvalue weighted by Crippen LogP contribution is 2.27. The predicted molar refractivity (Wildman–Crippen MR) is 103 cm³/mol. The molecule has 5 heteroatoms. The van der Waals surface area contributed by atoms with E-state index in [1.165, 1.54) is 0 Å². The number of nitriles is 1. The molecule has 0 bridgehead atoms. The number of fused-ring (bicyclic) bond motifs is 1. The normalized spacial score (nSPS) is 11.2. The van der Waals surface area contributed by atoms with Crippen LogP contribution in [0.3, 0.4) is 0 Å². The summed E-state index contributed by atoms with van der Waals surface area (Å²) in [5.41, 5.74) is 3.55. The number of hydrogen-bond acceptors (Lipinski definition) is 3. The maximum absolute atomic E-state index is 12.6. The lowest BCUT2D eigenvalue weighted by atomic mass is 10.1. The first-order valence-corrected chi connectivity index (χ1v) is 8.16. The predicted octanol–water partition coefficient (Wildman–Crippen LogP) is 4.04. The van der Waals surface area contributed by atoms with Crippen LogP contribution in [0.4, 0.5) is 5.69 Å². The quantitative estimate of drug-likeness (QED) is 0.573. The van der Waals surface area contributed by atoms with E-state index < -0.39 is 5.91 Å². The van der Waals surface area contributed by atoms with Gasteiger partial charge in [0.1, 0.15) is 17.4 Å². The fraction of sp³-hybridized carbons (Fsp3) is 0.143. The van der Waals surface area contributed by atoms with Gasteiger partial charge in [-0.1, -0.05) is 24.3 Å². The molecule has 0 unspecified atom stereocenters. The van der Waals surface area contributed by atoms with E-state index in [-0.39, 0.29) is 5.57 Å². The van der Waals surface area contributed by atoms with Gasteiger partial charge in [-0.15, -0.1) is 0 Å². The molecule has 3 aromatic rings. The number of ether oxygens (including phenoxy) is 1. The highest BCUT2D eigenvalue weighted by molar-refractivity contribution is 6.11. The Hall–Kier alpha value is -3.52. The molecule has 3 rings (SSSR count). The molecule has 0 radical (unpaired) electrons. The third-order valence-corrected chi connectivity index (χ3v) is 4.43. The van der Waals surface area contributed by atoms with E-state index in [4.69, 9.17) is 4.74 Å². The number of amides is 1. The van der Waals surface area contributed by atoms with E-state index in [2.05, 4.69) is 9.88 Å². The first-order valence-electron chi connectivity index (χ1n) is 8.16. The number of benzene rings is 2. The molecule has 26 heavy (non-hydrogen) atoms. The first kappa shape index (κ1) is 17.3. The topological polar surface area (TPSA) is 67.0 Å². The van der Waals surface area contributed by atoms with Gasteiger partial charge in [0.15, 0.2) is 0 Å². The van der Waals surface area contributed by atoms with Crippen LogP contribution in [0.1, 0.15) is 11.3 Å². The van der Waals surface area contributed by atoms with Crippen LogP contribution >= 0.6 is 0 Å². The summed E-state index contributed by atoms with van der Waals surface area (Å²) in [7, 11) is 3.53. The largest absolute Gasteiger partial charge is 0.497 e. The van der Waals surface area contributed by atoms with Crippen molar-refractivity contribution >= 4 is 28.6 Å². The Morgan fingerprint density at radius 1 is 1.23 bits per heavy atom. The second-order valence-electron chi connectivity index (χ2n) is 5.93. The molecular weight excluding hydrogens is 326 g/mol. The fourth-order valence-electron chi connectivity index (χ4n) is 2.92. The first-order chi connectivity index (χ1) is 12.5. The van der Waals surface area contributed by atoms with Crippen molar-refractivity contribution in [2.24, 2.45) is 7.05 Å². The summed E-state index contributed by atoms with van der Waals surface area (Å²) in [6.07, 6.45) is 1.65. The van der Waals surface area contributed by atoms with Gasteiger partial charge in [0, 0.05) is 41.0 Å². The average molecular weight is 345 g/mol. The van der Waals surface area contributed by atoms with E-state index in [0.29, 0.717) is 11.4 Å². The monoisotopic (exact) mass is 345 g/mol. The standard InChI is InChI=1S/C21H19N3O2/c1-14-19(18-9-4-5-10-20(18)24(14)2)11-15(13-22)21(25)23-16-7-6-8-17(12-16)26-3/h4-12H,1-3H3,(H,23,25)/b15-11+. The Kier molecular flexibility index (Phi) is 4.76. The molecule has 0 aliphatic heterocycles. The minimum Gasteiger partial charge on any atom is -0.497 e. The number of carbonyl (C=O) groups excluding carboxylic acids is 1. The molecule has 1 N–H and O–H groups in total. The molecule has 5 nitrogen and oxygen atoms in total. The van der Waals surface area contributed by atoms with Gasteiger partial charge < -0.3 is 14.6 Å². The molecule has 0 atom stereocenters. The van der Waals surface area contributed by atoms with Crippen LogP contribution in [0.15, 0.2) is 54.1 Å². The molecule has 2 aromatic carbocycles. The molecule has 0 aliphatic carbocycles. The van der Waals surface area contributed by atoms with Crippen LogP contribution in [0.2, 0.25) is 0 Å². The van der Waals surface area contributed by atoms with Crippen molar-refractivity contribution in [2.75, 3.05) is 12.4 Å². The van der Waals surface area contributed by atoms with E-state index in [1.807, 2.05) is 44.3 Å². The molecule has 0 spiro atoms. The number of methoxy groups -OCH3 is 1. The maximum Gasteiger partial charge on any atom is 0.266 e. The Bertz CT molecular complexity index is 1050. The molecular formula is C21H19N3O2. The molecule has 1 aromatic heterocycles. The SMILES string of the molecule is COc1cccc(NC(=O)/C(C#N)=C/c2c(C)n(C)c3ccccc23)c1. The zero-order valence-corrected chi connectivity index (χ0v) is 14.9. The van der Waals surface area contributed by atoms with Gasteiger partial charge in [0.2, 0.25) is 0 Å². The summed E-state index contributed by atoms with van der Waals surface area (Å²) in [5.74, 6) is 0.184. The van der Waals surface area contributed by atoms with Crippen LogP contribution in [-0.4, -0.2) is 17.6 Å². The average Bonchev–Trinajstić information content (AvgIpc) is 2.90. The van der Waals surface area contributed by atoms with Gasteiger partial charge >= 0.3 is 0 Å². The molecule has 0 saturated carbocycles. The molecule has 0 aliphatic rings. The summed E-state index contributed by atoms with van der Waals surface area (Å²) in [6.45, 7) is 1.97. The van der Waals surface area contributed by atoms with Crippen molar-refractivity contribution in [2.45, 2.75) is 6.92 Å². The molecule has 130 valence electrons. The summed E-state index contributed by atoms with van der Waals surface area (Å²) in [5, 5.41) is 13.3. The van der Waals surface area contributed by atoms with Gasteiger partial charge in [0.05, 0.1) is 7.11 Å². The number of carbonyl (C=O) groups is 1. The van der Waals surface area contributed by atoms with Crippen molar-refractivity contribution in [1.82, 2.24) is 4.57 Å². The van der Waals surface area contributed by atoms with Crippen LogP contribution in [-0.2, 0) is 11.8 Å². The van der Waals surface area contributed by atoms with Gasteiger partial charge in [-0.25, -0.2) is 0 Å². The van der Waals surface area contributed by atoms with Gasteiger partial charge in [-0.2, -0.15) is 5.26 Å². The van der Waals surface area contributed by atoms with Gasteiger partial charge in [-0.3, -0.25) is 4.79 Å². The molecule has 1 heterocycles. The number of nitrogens with one attached hydrogen (secondary N) is 1. The highest BCUT2D eigenvalue weighted by atomic mass is 16.5. The lowest BCUT2D eigenvalue weighted by Crippen LogP contribution is -2.13. The van der Waals surface area contributed by atoms with Gasteiger partial charge in [0.25, 0.3) is 5.91 Å². The number of hydrogen-bond donors (Lipinski definition) is 1. The lowest BCUT2D eigenvalue weighted by molar-refractivity contribution is -0.112. The Morgan fingerprint density at radius 3 is 2.73 bits per heavy atom. The smallest absolute Gasteiger partial charge is 0.266 e. The van der Waals surface area contributed by atoms with E-state index in [0.717, 1.165) is 22.2 Å². The van der Waals surface area contributed by atoms with E-state index in [9.17, 15) is 10.1 Å². The third kappa shape index (κ3) is 3.17. The summed E-state index contributed by atoms with van der Waals surface area (Å²) in [6, 6.07) is 16.9. The number of aryl methyl sites for hydroxylation is 1. The van der Waals surface area contributed by atoms with Crippen LogP contribution in [0.25, 0.3) is 17.0 Å². The summed E-state index contributed by atoms with van der Waals surface area (Å²) >= 11 is 0. The number of para-hydroxylation sites is 1. The van der Waals surface area contributed by atoms with Crippen molar-refractivity contribution in [3.63, 3.8) is 0 Å². The maximum atomic E-state index is 12.6. The van der Waals surface area contributed by atoms with E-state index >= 15 is 0 Å². The third-order valence-electron chi connectivity index (χ3n) is 4.43. The lowest BCUT2D eigenvalue weighted by Gasteiger charge is -2.06. The van der Waals surface area contributed by atoms with Crippen molar-refractivity contribution in [3.05, 3.63) is 65.4 Å². The fourth-order valence-corrected chi connectivity index (χ4v) is 2.92. The Morgan fingerprint density at radius 2 is 2.00 bits per heavy atom. The van der Waals surface area contributed by atoms with E-state index in [1.54, 1.807) is 37.5 Å². The number of rotatable bonds is 4.